The second-order valence-electron chi connectivity index (χ2n) is 6.76. The third kappa shape index (κ3) is 6.47. The lowest BCUT2D eigenvalue weighted by Crippen LogP contribution is -2.39. The monoisotopic (exact) mass is 450 g/mol. The van der Waals surface area contributed by atoms with E-state index in [1.807, 2.05) is 24.3 Å². The molecule has 0 aliphatic heterocycles. The maximum absolute atomic E-state index is 12.3. The van der Waals surface area contributed by atoms with Gasteiger partial charge in [0.1, 0.15) is 6.54 Å². The van der Waals surface area contributed by atoms with Crippen LogP contribution in [-0.4, -0.2) is 46.4 Å². The predicted octanol–water partition coefficient (Wildman–Crippen LogP) is 3.41. The fourth-order valence-electron chi connectivity index (χ4n) is 2.94. The number of rotatable bonds is 9. The number of anilines is 2. The molecule has 0 heterocycles. The number of halogens is 1. The zero-order valence-electron chi connectivity index (χ0n) is 17.6. The number of sulfonamides is 1. The standard InChI is InChI=1S/C21H27ClN4O3S/c1-5-25(6-2)19-11-8-17(9-12-19)14-23-24-21(27)15-26(30(4,28)29)20-13-18(22)10-7-16(20)3/h7-14H,5-6,15H2,1-4H3,(H,24,27)/b23-14-. The molecule has 0 fully saturated rings. The summed E-state index contributed by atoms with van der Waals surface area (Å²) in [4.78, 5) is 14.5. The van der Waals surface area contributed by atoms with Crippen LogP contribution in [0, 0.1) is 6.92 Å². The second kappa shape index (κ2) is 10.4. The van der Waals surface area contributed by atoms with E-state index in [1.54, 1.807) is 19.1 Å². The van der Waals surface area contributed by atoms with Crippen LogP contribution in [0.5, 0.6) is 0 Å². The number of hydrogen-bond acceptors (Lipinski definition) is 5. The maximum atomic E-state index is 12.3. The van der Waals surface area contributed by atoms with Gasteiger partial charge in [-0.2, -0.15) is 5.10 Å². The Kier molecular flexibility index (Phi) is 8.25. The van der Waals surface area contributed by atoms with Crippen LogP contribution < -0.4 is 14.6 Å². The Bertz CT molecular complexity index is 1000. The summed E-state index contributed by atoms with van der Waals surface area (Å²) in [6.07, 6.45) is 2.56. The molecule has 0 aliphatic rings. The van der Waals surface area contributed by atoms with Crippen molar-refractivity contribution < 1.29 is 13.2 Å². The molecule has 30 heavy (non-hydrogen) atoms. The Morgan fingerprint density at radius 3 is 2.33 bits per heavy atom. The zero-order chi connectivity index (χ0) is 22.3. The van der Waals surface area contributed by atoms with Gasteiger partial charge in [-0.05, 0) is 56.2 Å². The molecule has 0 aliphatic carbocycles. The van der Waals surface area contributed by atoms with Gasteiger partial charge in [-0.1, -0.05) is 29.8 Å². The molecule has 2 rings (SSSR count). The van der Waals surface area contributed by atoms with Crippen molar-refractivity contribution in [1.29, 1.82) is 0 Å². The minimum Gasteiger partial charge on any atom is -0.372 e. The Balaban J connectivity index is 2.06. The normalized spacial score (nSPS) is 11.5. The number of nitrogens with one attached hydrogen (secondary N) is 1. The lowest BCUT2D eigenvalue weighted by atomic mass is 10.2. The Morgan fingerprint density at radius 2 is 1.77 bits per heavy atom. The molecular formula is C21H27ClN4O3S. The third-order valence-corrected chi connectivity index (χ3v) is 5.91. The van der Waals surface area contributed by atoms with Crippen LogP contribution in [0.2, 0.25) is 5.02 Å². The highest BCUT2D eigenvalue weighted by Gasteiger charge is 2.22. The van der Waals surface area contributed by atoms with Crippen molar-refractivity contribution >= 4 is 45.1 Å². The van der Waals surface area contributed by atoms with E-state index in [0.717, 1.165) is 34.9 Å². The number of hydrazone groups is 1. The highest BCUT2D eigenvalue weighted by molar-refractivity contribution is 7.92. The first kappa shape index (κ1) is 23.7. The van der Waals surface area contributed by atoms with Gasteiger partial charge in [-0.15, -0.1) is 0 Å². The molecule has 0 bridgehead atoms. The third-order valence-electron chi connectivity index (χ3n) is 4.55. The fraction of sp³-hybridized carbons (Fsp3) is 0.333. The summed E-state index contributed by atoms with van der Waals surface area (Å²) in [7, 11) is -3.69. The number of amides is 1. The van der Waals surface area contributed by atoms with Crippen LogP contribution in [0.4, 0.5) is 11.4 Å². The highest BCUT2D eigenvalue weighted by Crippen LogP contribution is 2.26. The van der Waals surface area contributed by atoms with Gasteiger partial charge in [0.2, 0.25) is 10.0 Å². The van der Waals surface area contributed by atoms with Gasteiger partial charge in [0.25, 0.3) is 5.91 Å². The molecule has 0 saturated carbocycles. The van der Waals surface area contributed by atoms with Gasteiger partial charge in [-0.25, -0.2) is 13.8 Å². The van der Waals surface area contributed by atoms with E-state index in [1.165, 1.54) is 12.3 Å². The number of hydrogen-bond donors (Lipinski definition) is 1. The molecule has 0 aromatic heterocycles. The van der Waals surface area contributed by atoms with Crippen molar-refractivity contribution in [3.63, 3.8) is 0 Å². The van der Waals surface area contributed by atoms with Crippen LogP contribution in [0.3, 0.4) is 0 Å². The second-order valence-corrected chi connectivity index (χ2v) is 9.10. The summed E-state index contributed by atoms with van der Waals surface area (Å²) < 4.78 is 25.5. The van der Waals surface area contributed by atoms with Gasteiger partial charge in [-0.3, -0.25) is 9.10 Å². The quantitative estimate of drug-likeness (QED) is 0.468. The summed E-state index contributed by atoms with van der Waals surface area (Å²) in [6, 6.07) is 12.7. The minimum atomic E-state index is -3.69. The highest BCUT2D eigenvalue weighted by atomic mass is 35.5. The smallest absolute Gasteiger partial charge is 0.260 e. The Labute approximate surface area is 183 Å². The van der Waals surface area contributed by atoms with Crippen LogP contribution in [0.1, 0.15) is 25.0 Å². The largest absolute Gasteiger partial charge is 0.372 e. The van der Waals surface area contributed by atoms with Crippen molar-refractivity contribution in [3.8, 4) is 0 Å². The lowest BCUT2D eigenvalue weighted by Gasteiger charge is -2.23. The van der Waals surface area contributed by atoms with Crippen molar-refractivity contribution in [1.82, 2.24) is 5.43 Å². The van der Waals surface area contributed by atoms with Gasteiger partial charge in [0, 0.05) is 23.8 Å². The van der Waals surface area contributed by atoms with E-state index in [4.69, 9.17) is 11.6 Å². The number of carbonyl (C=O) groups is 1. The lowest BCUT2D eigenvalue weighted by molar-refractivity contribution is -0.119. The van der Waals surface area contributed by atoms with E-state index < -0.39 is 22.5 Å². The number of carbonyl (C=O) groups excluding carboxylic acids is 1. The van der Waals surface area contributed by atoms with E-state index in [9.17, 15) is 13.2 Å². The van der Waals surface area contributed by atoms with E-state index >= 15 is 0 Å². The molecule has 9 heteroatoms. The van der Waals surface area contributed by atoms with Crippen molar-refractivity contribution in [2.75, 3.05) is 35.1 Å². The van der Waals surface area contributed by atoms with Crippen molar-refractivity contribution in [3.05, 3.63) is 58.6 Å². The molecule has 7 nitrogen and oxygen atoms in total. The molecule has 0 unspecified atom stereocenters. The predicted molar refractivity (Wildman–Crippen MR) is 124 cm³/mol. The number of nitrogens with zero attached hydrogens (tertiary/aromatic N) is 3. The van der Waals surface area contributed by atoms with Crippen LogP contribution in [0.15, 0.2) is 47.6 Å². The summed E-state index contributed by atoms with van der Waals surface area (Å²) >= 11 is 6.00. The average molecular weight is 451 g/mol. The van der Waals surface area contributed by atoms with E-state index in [0.29, 0.717) is 16.3 Å². The summed E-state index contributed by atoms with van der Waals surface area (Å²) in [5, 5.41) is 4.32. The molecule has 0 saturated heterocycles. The molecule has 2 aromatic carbocycles. The summed E-state index contributed by atoms with van der Waals surface area (Å²) in [5.74, 6) is -0.559. The Hall–Kier alpha value is -2.58. The fourth-order valence-corrected chi connectivity index (χ4v) is 4.01. The van der Waals surface area contributed by atoms with Crippen molar-refractivity contribution in [2.45, 2.75) is 20.8 Å². The molecule has 0 atom stereocenters. The molecule has 0 spiro atoms. The van der Waals surface area contributed by atoms with Gasteiger partial charge in [0.05, 0.1) is 18.2 Å². The molecule has 0 radical (unpaired) electrons. The number of benzene rings is 2. The van der Waals surface area contributed by atoms with Crippen molar-refractivity contribution in [2.24, 2.45) is 5.10 Å². The summed E-state index contributed by atoms with van der Waals surface area (Å²) in [6.45, 7) is 7.38. The minimum absolute atomic E-state index is 0.358. The first-order valence-corrected chi connectivity index (χ1v) is 11.8. The molecule has 1 amide bonds. The first-order valence-electron chi connectivity index (χ1n) is 9.56. The van der Waals surface area contributed by atoms with E-state index in [-0.39, 0.29) is 0 Å². The SMILES string of the molecule is CCN(CC)c1ccc(/C=N\NC(=O)CN(c2cc(Cl)ccc2C)S(C)(=O)=O)cc1. The molecule has 2 aromatic rings. The van der Waals surface area contributed by atoms with Crippen LogP contribution in [-0.2, 0) is 14.8 Å². The molecule has 162 valence electrons. The maximum Gasteiger partial charge on any atom is 0.260 e. The zero-order valence-corrected chi connectivity index (χ0v) is 19.2. The molecular weight excluding hydrogens is 424 g/mol. The van der Waals surface area contributed by atoms with Gasteiger partial charge >= 0.3 is 0 Å². The number of aryl methyl sites for hydroxylation is 1. The summed E-state index contributed by atoms with van der Waals surface area (Å²) in [5.41, 5.74) is 5.35. The topological polar surface area (TPSA) is 82.1 Å². The van der Waals surface area contributed by atoms with Gasteiger partial charge < -0.3 is 4.90 Å². The Morgan fingerprint density at radius 1 is 1.13 bits per heavy atom. The molecule has 1 N–H and O–H groups in total. The van der Waals surface area contributed by atoms with E-state index in [2.05, 4.69) is 29.3 Å². The first-order chi connectivity index (χ1) is 14.2. The average Bonchev–Trinajstić information content (AvgIpc) is 2.69. The van der Waals surface area contributed by atoms with Gasteiger partial charge in [0.15, 0.2) is 0 Å². The van der Waals surface area contributed by atoms with Crippen LogP contribution >= 0.6 is 11.6 Å². The van der Waals surface area contributed by atoms with Crippen LogP contribution in [0.25, 0.3) is 0 Å².